The zero-order valence-corrected chi connectivity index (χ0v) is 14.1. The number of pyridine rings is 1. The number of nitrogens with one attached hydrogen (secondary N) is 1. The van der Waals surface area contributed by atoms with E-state index < -0.39 is 5.91 Å². The number of amides is 1. The van der Waals surface area contributed by atoms with Crippen molar-refractivity contribution in [3.8, 4) is 0 Å². The number of anilines is 1. The summed E-state index contributed by atoms with van der Waals surface area (Å²) in [5, 5.41) is 3.73. The standard InChI is InChI=1S/C19H25N3O/c1-18(2)11-7-8-19(18,3)15(9-11)22-16-12-5-4-6-14(12)21-10-13(16)17(20)23/h4-5,10-11,15H,6-9H2,1-3H3,(H2,20,23)(H,21,22)/t11-,15-,19-/m0/s1. The van der Waals surface area contributed by atoms with Gasteiger partial charge in [0, 0.05) is 24.2 Å². The number of carbonyl (C=O) groups excluding carboxylic acids is 1. The summed E-state index contributed by atoms with van der Waals surface area (Å²) in [4.78, 5) is 16.3. The maximum Gasteiger partial charge on any atom is 0.252 e. The normalized spacial score (nSPS) is 33.0. The molecule has 3 N–H and O–H groups in total. The summed E-state index contributed by atoms with van der Waals surface area (Å²) in [6.45, 7) is 7.20. The molecule has 122 valence electrons. The molecule has 0 radical (unpaired) electrons. The van der Waals surface area contributed by atoms with Crippen LogP contribution in [0.5, 0.6) is 0 Å². The number of nitrogens with two attached hydrogens (primary N) is 1. The summed E-state index contributed by atoms with van der Waals surface area (Å²) < 4.78 is 0. The monoisotopic (exact) mass is 311 g/mol. The van der Waals surface area contributed by atoms with Crippen LogP contribution in [0.15, 0.2) is 12.3 Å². The maximum absolute atomic E-state index is 11.9. The van der Waals surface area contributed by atoms with E-state index in [-0.39, 0.29) is 5.41 Å². The van der Waals surface area contributed by atoms with Crippen molar-refractivity contribution < 1.29 is 4.79 Å². The number of nitrogens with zero attached hydrogens (tertiary/aromatic N) is 1. The molecule has 4 rings (SSSR count). The van der Waals surface area contributed by atoms with Crippen LogP contribution in [0, 0.1) is 16.7 Å². The van der Waals surface area contributed by atoms with Gasteiger partial charge in [0.1, 0.15) is 0 Å². The van der Waals surface area contributed by atoms with Crippen LogP contribution in [0.1, 0.15) is 61.6 Å². The van der Waals surface area contributed by atoms with Gasteiger partial charge in [0.2, 0.25) is 0 Å². The first kappa shape index (κ1) is 14.7. The van der Waals surface area contributed by atoms with Crippen molar-refractivity contribution >= 4 is 17.7 Å². The Morgan fingerprint density at radius 1 is 1.39 bits per heavy atom. The molecule has 1 aromatic heterocycles. The van der Waals surface area contributed by atoms with Crippen LogP contribution >= 0.6 is 0 Å². The molecule has 2 saturated carbocycles. The number of carbonyl (C=O) groups is 1. The largest absolute Gasteiger partial charge is 0.380 e. The Morgan fingerprint density at radius 3 is 2.78 bits per heavy atom. The zero-order chi connectivity index (χ0) is 16.4. The summed E-state index contributed by atoms with van der Waals surface area (Å²) in [7, 11) is 0. The van der Waals surface area contributed by atoms with Crippen molar-refractivity contribution in [1.29, 1.82) is 0 Å². The van der Waals surface area contributed by atoms with E-state index in [2.05, 4.69) is 43.2 Å². The Labute approximate surface area is 137 Å². The van der Waals surface area contributed by atoms with Crippen molar-refractivity contribution in [2.45, 2.75) is 52.5 Å². The van der Waals surface area contributed by atoms with E-state index in [4.69, 9.17) is 5.73 Å². The first-order valence-corrected chi connectivity index (χ1v) is 8.59. The fourth-order valence-electron chi connectivity index (χ4n) is 5.14. The molecular formula is C19H25N3O. The van der Waals surface area contributed by atoms with E-state index in [1.807, 2.05) is 0 Å². The Hall–Kier alpha value is -1.84. The summed E-state index contributed by atoms with van der Waals surface area (Å²) in [5.74, 6) is 0.350. The van der Waals surface area contributed by atoms with Gasteiger partial charge >= 0.3 is 0 Å². The van der Waals surface area contributed by atoms with Crippen molar-refractivity contribution in [3.63, 3.8) is 0 Å². The lowest BCUT2D eigenvalue weighted by molar-refractivity contribution is 0.100. The molecule has 0 spiro atoms. The highest BCUT2D eigenvalue weighted by Gasteiger charge is 2.61. The highest BCUT2D eigenvalue weighted by molar-refractivity contribution is 6.00. The van der Waals surface area contributed by atoms with E-state index in [0.29, 0.717) is 17.0 Å². The molecule has 23 heavy (non-hydrogen) atoms. The van der Waals surface area contributed by atoms with E-state index in [1.165, 1.54) is 19.3 Å². The Bertz CT molecular complexity index is 722. The predicted octanol–water partition coefficient (Wildman–Crippen LogP) is 3.38. The van der Waals surface area contributed by atoms with Crippen LogP contribution in [0.3, 0.4) is 0 Å². The van der Waals surface area contributed by atoms with E-state index in [1.54, 1.807) is 6.20 Å². The van der Waals surface area contributed by atoms with Crippen molar-refractivity contribution in [2.75, 3.05) is 5.32 Å². The molecular weight excluding hydrogens is 286 g/mol. The highest BCUT2D eigenvalue weighted by Crippen LogP contribution is 2.66. The van der Waals surface area contributed by atoms with E-state index in [0.717, 1.165) is 29.3 Å². The fourth-order valence-corrected chi connectivity index (χ4v) is 5.14. The first-order valence-electron chi connectivity index (χ1n) is 8.59. The second kappa shape index (κ2) is 4.59. The molecule has 3 atom stereocenters. The van der Waals surface area contributed by atoms with Crippen LogP contribution in [-0.4, -0.2) is 16.9 Å². The molecule has 0 saturated heterocycles. The lowest BCUT2D eigenvalue weighted by atomic mass is 9.69. The van der Waals surface area contributed by atoms with Crippen LogP contribution in [0.4, 0.5) is 5.69 Å². The van der Waals surface area contributed by atoms with Crippen molar-refractivity contribution in [2.24, 2.45) is 22.5 Å². The quantitative estimate of drug-likeness (QED) is 0.899. The van der Waals surface area contributed by atoms with Gasteiger partial charge in [-0.05, 0) is 36.0 Å². The number of allylic oxidation sites excluding steroid dienone is 1. The Balaban J connectivity index is 1.75. The van der Waals surface area contributed by atoms with Crippen LogP contribution < -0.4 is 11.1 Å². The molecule has 2 bridgehead atoms. The number of hydrogen-bond donors (Lipinski definition) is 2. The summed E-state index contributed by atoms with van der Waals surface area (Å²) in [6, 6.07) is 0.384. The average molecular weight is 311 g/mol. The second-order valence-corrected chi connectivity index (χ2v) is 8.19. The van der Waals surface area contributed by atoms with Gasteiger partial charge in [-0.2, -0.15) is 0 Å². The molecule has 1 amide bonds. The number of aromatic nitrogens is 1. The molecule has 2 fully saturated rings. The minimum absolute atomic E-state index is 0.255. The van der Waals surface area contributed by atoms with Gasteiger partial charge in [-0.25, -0.2) is 0 Å². The Morgan fingerprint density at radius 2 is 2.17 bits per heavy atom. The number of fused-ring (bicyclic) bond motifs is 3. The summed E-state index contributed by atoms with van der Waals surface area (Å²) in [5.41, 5.74) is 9.68. The highest BCUT2D eigenvalue weighted by atomic mass is 16.1. The lowest BCUT2D eigenvalue weighted by Crippen LogP contribution is -2.40. The van der Waals surface area contributed by atoms with Gasteiger partial charge in [-0.15, -0.1) is 0 Å². The van der Waals surface area contributed by atoms with Crippen LogP contribution in [-0.2, 0) is 6.42 Å². The third kappa shape index (κ3) is 1.84. The molecule has 1 aromatic rings. The number of rotatable bonds is 3. The van der Waals surface area contributed by atoms with E-state index >= 15 is 0 Å². The van der Waals surface area contributed by atoms with Crippen LogP contribution in [0.2, 0.25) is 0 Å². The van der Waals surface area contributed by atoms with Gasteiger partial charge in [-0.1, -0.05) is 32.9 Å². The minimum Gasteiger partial charge on any atom is -0.380 e. The molecule has 4 heteroatoms. The fraction of sp³-hybridized carbons (Fsp3) is 0.579. The number of primary amides is 1. The number of hydrogen-bond acceptors (Lipinski definition) is 3. The summed E-state index contributed by atoms with van der Waals surface area (Å²) >= 11 is 0. The topological polar surface area (TPSA) is 68.0 Å². The third-order valence-corrected chi connectivity index (χ3v) is 7.17. The Kier molecular flexibility index (Phi) is 2.94. The molecule has 4 nitrogen and oxygen atoms in total. The SMILES string of the molecule is CC1(C)[C@H]2CC[C@@]1(C)[C@@H](Nc1c(C(N)=O)cnc3c1C=CC3)C2. The molecule has 0 aromatic carbocycles. The first-order chi connectivity index (χ1) is 10.8. The predicted molar refractivity (Wildman–Crippen MR) is 92.1 cm³/mol. The average Bonchev–Trinajstić information content (AvgIpc) is 3.10. The molecule has 1 heterocycles. The molecule has 3 aliphatic carbocycles. The third-order valence-electron chi connectivity index (χ3n) is 7.17. The maximum atomic E-state index is 11.9. The summed E-state index contributed by atoms with van der Waals surface area (Å²) in [6.07, 6.45) is 10.4. The zero-order valence-electron chi connectivity index (χ0n) is 14.1. The smallest absolute Gasteiger partial charge is 0.252 e. The minimum atomic E-state index is -0.407. The lowest BCUT2D eigenvalue weighted by Gasteiger charge is -2.40. The van der Waals surface area contributed by atoms with Gasteiger partial charge < -0.3 is 11.1 Å². The van der Waals surface area contributed by atoms with Crippen molar-refractivity contribution in [1.82, 2.24) is 4.98 Å². The van der Waals surface area contributed by atoms with Gasteiger partial charge in [-0.3, -0.25) is 9.78 Å². The van der Waals surface area contributed by atoms with Gasteiger partial charge in [0.25, 0.3) is 5.91 Å². The molecule has 0 unspecified atom stereocenters. The second-order valence-electron chi connectivity index (χ2n) is 8.19. The molecule has 0 aliphatic heterocycles. The van der Waals surface area contributed by atoms with Crippen LogP contribution in [0.25, 0.3) is 6.08 Å². The molecule has 3 aliphatic rings. The van der Waals surface area contributed by atoms with Gasteiger partial charge in [0.15, 0.2) is 0 Å². The van der Waals surface area contributed by atoms with Crippen molar-refractivity contribution in [3.05, 3.63) is 29.1 Å². The van der Waals surface area contributed by atoms with Gasteiger partial charge in [0.05, 0.1) is 16.9 Å². The van der Waals surface area contributed by atoms with E-state index in [9.17, 15) is 4.79 Å².